The number of aryl methyl sites for hydroxylation is 2. The van der Waals surface area contributed by atoms with Gasteiger partial charge < -0.3 is 10.3 Å². The molecule has 0 bridgehead atoms. The molecule has 1 heterocycles. The first-order valence-corrected chi connectivity index (χ1v) is 7.05. The number of fused-ring (bicyclic) bond motifs is 1. The molecular weight excluding hydrogens is 234 g/mol. The molecule has 0 saturated heterocycles. The van der Waals surface area contributed by atoms with Crippen molar-refractivity contribution in [1.82, 2.24) is 9.55 Å². The molecule has 1 aromatic heterocycles. The van der Waals surface area contributed by atoms with Crippen LogP contribution in [0.1, 0.15) is 39.4 Å². The molecule has 2 rings (SSSR count). The smallest absolute Gasteiger partial charge is 0.109 e. The molecule has 0 aliphatic rings. The number of rotatable bonds is 4. The van der Waals surface area contributed by atoms with Gasteiger partial charge in [-0.05, 0) is 30.4 Å². The quantitative estimate of drug-likeness (QED) is 0.915. The molecule has 0 amide bonds. The fourth-order valence-electron chi connectivity index (χ4n) is 2.33. The predicted molar refractivity (Wildman–Crippen MR) is 81.1 cm³/mol. The lowest BCUT2D eigenvalue weighted by Gasteiger charge is -2.26. The Labute approximate surface area is 115 Å². The molecule has 2 N–H and O–H groups in total. The van der Waals surface area contributed by atoms with Gasteiger partial charge in [0.15, 0.2) is 0 Å². The molecule has 0 radical (unpaired) electrons. The maximum Gasteiger partial charge on any atom is 0.109 e. The molecule has 19 heavy (non-hydrogen) atoms. The summed E-state index contributed by atoms with van der Waals surface area (Å²) in [6.45, 7) is 6.60. The maximum absolute atomic E-state index is 6.20. The molecule has 0 aliphatic heterocycles. The van der Waals surface area contributed by atoms with Gasteiger partial charge in [0.25, 0.3) is 0 Å². The van der Waals surface area contributed by atoms with Crippen LogP contribution in [0.3, 0.4) is 0 Å². The van der Waals surface area contributed by atoms with Crippen LogP contribution >= 0.6 is 0 Å². The van der Waals surface area contributed by atoms with Crippen LogP contribution in [-0.2, 0) is 13.5 Å². The first-order chi connectivity index (χ1) is 8.89. The summed E-state index contributed by atoms with van der Waals surface area (Å²) in [6.07, 6.45) is 3.14. The Morgan fingerprint density at radius 1 is 1.26 bits per heavy atom. The Hall–Kier alpha value is -1.35. The number of imidazole rings is 1. The van der Waals surface area contributed by atoms with Crippen molar-refractivity contribution >= 4 is 11.0 Å². The van der Waals surface area contributed by atoms with E-state index in [9.17, 15) is 0 Å². The van der Waals surface area contributed by atoms with Crippen molar-refractivity contribution in [2.24, 2.45) is 18.2 Å². The SMILES string of the molecule is Cn1c(CCCC(N)C(C)(C)C)nc2ccccc21. The number of nitrogens with two attached hydrogens (primary N) is 1. The van der Waals surface area contributed by atoms with Gasteiger partial charge in [-0.25, -0.2) is 4.98 Å². The highest BCUT2D eigenvalue weighted by Crippen LogP contribution is 2.22. The van der Waals surface area contributed by atoms with Crippen molar-refractivity contribution in [3.05, 3.63) is 30.1 Å². The van der Waals surface area contributed by atoms with Crippen LogP contribution in [0.25, 0.3) is 11.0 Å². The van der Waals surface area contributed by atoms with E-state index in [-0.39, 0.29) is 11.5 Å². The largest absolute Gasteiger partial charge is 0.331 e. The third kappa shape index (κ3) is 3.16. The van der Waals surface area contributed by atoms with Crippen molar-refractivity contribution in [2.45, 2.75) is 46.1 Å². The normalized spacial score (nSPS) is 13.9. The standard InChI is InChI=1S/C16H25N3/c1-16(2,3)14(17)10-7-11-15-18-12-8-5-6-9-13(12)19(15)4/h5-6,8-9,14H,7,10-11,17H2,1-4H3. The van der Waals surface area contributed by atoms with E-state index in [1.165, 1.54) is 5.52 Å². The van der Waals surface area contributed by atoms with Gasteiger partial charge in [-0.2, -0.15) is 0 Å². The molecule has 0 fully saturated rings. The van der Waals surface area contributed by atoms with Crippen molar-refractivity contribution in [3.63, 3.8) is 0 Å². The Kier molecular flexibility index (Phi) is 3.95. The van der Waals surface area contributed by atoms with Crippen LogP contribution in [0, 0.1) is 5.41 Å². The first-order valence-electron chi connectivity index (χ1n) is 7.05. The average Bonchev–Trinajstić information content (AvgIpc) is 2.66. The molecule has 3 nitrogen and oxygen atoms in total. The van der Waals surface area contributed by atoms with E-state index in [0.717, 1.165) is 30.6 Å². The van der Waals surface area contributed by atoms with Crippen molar-refractivity contribution in [3.8, 4) is 0 Å². The highest BCUT2D eigenvalue weighted by Gasteiger charge is 2.20. The Morgan fingerprint density at radius 3 is 2.58 bits per heavy atom. The zero-order valence-corrected chi connectivity index (χ0v) is 12.5. The summed E-state index contributed by atoms with van der Waals surface area (Å²) in [5.74, 6) is 1.15. The van der Waals surface area contributed by atoms with Gasteiger partial charge in [0.2, 0.25) is 0 Å². The van der Waals surface area contributed by atoms with Gasteiger partial charge in [0, 0.05) is 19.5 Å². The number of benzene rings is 1. The highest BCUT2D eigenvalue weighted by molar-refractivity contribution is 5.75. The van der Waals surface area contributed by atoms with E-state index in [4.69, 9.17) is 10.7 Å². The highest BCUT2D eigenvalue weighted by atomic mass is 15.1. The third-order valence-corrected chi connectivity index (χ3v) is 3.91. The van der Waals surface area contributed by atoms with Crippen molar-refractivity contribution < 1.29 is 0 Å². The van der Waals surface area contributed by atoms with Crippen molar-refractivity contribution in [2.75, 3.05) is 0 Å². The second-order valence-electron chi connectivity index (χ2n) is 6.44. The molecule has 0 saturated carbocycles. The van der Waals surface area contributed by atoms with E-state index >= 15 is 0 Å². The monoisotopic (exact) mass is 259 g/mol. The van der Waals surface area contributed by atoms with Gasteiger partial charge in [0.1, 0.15) is 5.82 Å². The summed E-state index contributed by atoms with van der Waals surface area (Å²) in [7, 11) is 2.09. The predicted octanol–water partition coefficient (Wildman–Crippen LogP) is 3.27. The molecule has 3 heteroatoms. The summed E-state index contributed by atoms with van der Waals surface area (Å²) < 4.78 is 2.19. The molecule has 0 spiro atoms. The van der Waals surface area contributed by atoms with E-state index in [2.05, 4.69) is 50.6 Å². The van der Waals surface area contributed by atoms with Crippen LogP contribution in [0.5, 0.6) is 0 Å². The lowest BCUT2D eigenvalue weighted by Crippen LogP contribution is -2.34. The number of hydrogen-bond acceptors (Lipinski definition) is 2. The summed E-state index contributed by atoms with van der Waals surface area (Å²) in [5.41, 5.74) is 8.68. The molecule has 1 unspecified atom stereocenters. The fraction of sp³-hybridized carbons (Fsp3) is 0.562. The molecular formula is C16H25N3. The van der Waals surface area contributed by atoms with Crippen LogP contribution in [0.15, 0.2) is 24.3 Å². The first kappa shape index (κ1) is 14.1. The second-order valence-corrected chi connectivity index (χ2v) is 6.44. The van der Waals surface area contributed by atoms with Crippen LogP contribution in [-0.4, -0.2) is 15.6 Å². The summed E-state index contributed by atoms with van der Waals surface area (Å²) in [6, 6.07) is 8.53. The molecule has 104 valence electrons. The fourth-order valence-corrected chi connectivity index (χ4v) is 2.33. The van der Waals surface area contributed by atoms with Gasteiger partial charge in [-0.15, -0.1) is 0 Å². The minimum absolute atomic E-state index is 0.187. The second kappa shape index (κ2) is 5.33. The zero-order valence-electron chi connectivity index (χ0n) is 12.5. The lowest BCUT2D eigenvalue weighted by atomic mass is 9.84. The number of aromatic nitrogens is 2. The van der Waals surface area contributed by atoms with Crippen LogP contribution in [0.4, 0.5) is 0 Å². The Bertz CT molecular complexity index is 549. The van der Waals surface area contributed by atoms with Gasteiger partial charge in [0.05, 0.1) is 11.0 Å². The van der Waals surface area contributed by atoms with Gasteiger partial charge in [-0.1, -0.05) is 32.9 Å². The van der Waals surface area contributed by atoms with Crippen LogP contribution < -0.4 is 5.73 Å². The number of para-hydroxylation sites is 2. The summed E-state index contributed by atoms with van der Waals surface area (Å²) in [5, 5.41) is 0. The van der Waals surface area contributed by atoms with E-state index in [1.54, 1.807) is 0 Å². The maximum atomic E-state index is 6.20. The molecule has 2 aromatic rings. The van der Waals surface area contributed by atoms with Crippen molar-refractivity contribution in [1.29, 1.82) is 0 Å². The lowest BCUT2D eigenvalue weighted by molar-refractivity contribution is 0.300. The van der Waals surface area contributed by atoms with Gasteiger partial charge >= 0.3 is 0 Å². The summed E-state index contributed by atoms with van der Waals surface area (Å²) >= 11 is 0. The van der Waals surface area contributed by atoms with Gasteiger partial charge in [-0.3, -0.25) is 0 Å². The topological polar surface area (TPSA) is 43.8 Å². The van der Waals surface area contributed by atoms with Crippen LogP contribution in [0.2, 0.25) is 0 Å². The third-order valence-electron chi connectivity index (χ3n) is 3.91. The number of nitrogens with zero attached hydrogens (tertiary/aromatic N) is 2. The zero-order chi connectivity index (χ0) is 14.0. The summed E-state index contributed by atoms with van der Waals surface area (Å²) in [4.78, 5) is 4.69. The minimum Gasteiger partial charge on any atom is -0.331 e. The number of hydrogen-bond donors (Lipinski definition) is 1. The Morgan fingerprint density at radius 2 is 1.95 bits per heavy atom. The minimum atomic E-state index is 0.187. The average molecular weight is 259 g/mol. The molecule has 1 aromatic carbocycles. The Balaban J connectivity index is 2.01. The van der Waals surface area contributed by atoms with E-state index < -0.39 is 0 Å². The van der Waals surface area contributed by atoms with E-state index in [1.807, 2.05) is 6.07 Å². The molecule has 0 aliphatic carbocycles. The van der Waals surface area contributed by atoms with E-state index in [0.29, 0.717) is 0 Å². The molecule has 1 atom stereocenters.